The third-order valence-electron chi connectivity index (χ3n) is 4.44. The Bertz CT molecular complexity index is 675. The van der Waals surface area contributed by atoms with Gasteiger partial charge in [-0.25, -0.2) is 9.59 Å². The van der Waals surface area contributed by atoms with Crippen molar-refractivity contribution in [3.8, 4) is 5.75 Å². The Balaban J connectivity index is 3.02. The fourth-order valence-corrected chi connectivity index (χ4v) is 3.33. The quantitative estimate of drug-likeness (QED) is 0.258. The molecule has 8 heteroatoms. The van der Waals surface area contributed by atoms with Crippen molar-refractivity contribution in [2.24, 2.45) is 5.92 Å². The smallest absolute Gasteiger partial charge is 0.337 e. The largest absolute Gasteiger partial charge is 0.478 e. The van der Waals surface area contributed by atoms with E-state index in [-0.39, 0.29) is 15.8 Å². The van der Waals surface area contributed by atoms with Gasteiger partial charge in [-0.05, 0) is 46.8 Å². The van der Waals surface area contributed by atoms with E-state index in [1.807, 2.05) is 0 Å². The monoisotopic (exact) mass is 474 g/mol. The van der Waals surface area contributed by atoms with Crippen LogP contribution in [-0.4, -0.2) is 46.3 Å². The molecule has 1 aromatic carbocycles. The number of ether oxygens (including phenoxy) is 2. The van der Waals surface area contributed by atoms with Gasteiger partial charge in [0.15, 0.2) is 0 Å². The van der Waals surface area contributed by atoms with Crippen LogP contribution in [-0.2, 0) is 4.74 Å². The summed E-state index contributed by atoms with van der Waals surface area (Å²) >= 11 is 3.14. The Hall–Kier alpha value is -1.64. The highest BCUT2D eigenvalue weighted by Crippen LogP contribution is 2.33. The van der Waals surface area contributed by atoms with Crippen LogP contribution < -0.4 is 4.74 Å². The van der Waals surface area contributed by atoms with Gasteiger partial charge >= 0.3 is 11.9 Å². The lowest BCUT2D eigenvalue weighted by Crippen LogP contribution is -2.35. The summed E-state index contributed by atoms with van der Waals surface area (Å²) in [5.74, 6) is -2.22. The van der Waals surface area contributed by atoms with Gasteiger partial charge in [0.25, 0.3) is 0 Å². The van der Waals surface area contributed by atoms with E-state index in [0.29, 0.717) is 18.9 Å². The number of aromatic carboxylic acids is 2. The molecule has 0 saturated carbocycles. The van der Waals surface area contributed by atoms with E-state index in [1.54, 1.807) is 0 Å². The van der Waals surface area contributed by atoms with Gasteiger partial charge in [0.05, 0.1) is 22.2 Å². The molecule has 0 bridgehead atoms. The van der Waals surface area contributed by atoms with E-state index < -0.39 is 29.9 Å². The molecular formula is C21H31BrO7. The van der Waals surface area contributed by atoms with Crippen LogP contribution in [0.15, 0.2) is 16.6 Å². The zero-order valence-corrected chi connectivity index (χ0v) is 18.8. The summed E-state index contributed by atoms with van der Waals surface area (Å²) in [5, 5.41) is 29.2. The second kappa shape index (κ2) is 12.8. The maximum Gasteiger partial charge on any atom is 0.337 e. The Kier molecular flexibility index (Phi) is 11.2. The van der Waals surface area contributed by atoms with Crippen molar-refractivity contribution in [3.05, 3.63) is 27.7 Å². The summed E-state index contributed by atoms with van der Waals surface area (Å²) in [6, 6.07) is 2.53. The van der Waals surface area contributed by atoms with Crippen molar-refractivity contribution < 1.29 is 34.4 Å². The Labute approximate surface area is 180 Å². The molecule has 1 rings (SSSR count). The van der Waals surface area contributed by atoms with Crippen molar-refractivity contribution in [3.63, 3.8) is 0 Å². The van der Waals surface area contributed by atoms with Crippen LogP contribution in [0.25, 0.3) is 0 Å². The third-order valence-corrected chi connectivity index (χ3v) is 5.23. The van der Waals surface area contributed by atoms with Gasteiger partial charge in [-0.2, -0.15) is 0 Å². The molecule has 0 heterocycles. The number of carbonyl (C=O) groups is 2. The van der Waals surface area contributed by atoms with Gasteiger partial charge < -0.3 is 24.8 Å². The fourth-order valence-electron chi connectivity index (χ4n) is 2.72. The average Bonchev–Trinajstić information content (AvgIpc) is 2.64. The summed E-state index contributed by atoms with van der Waals surface area (Å²) < 4.78 is 11.5. The highest BCUT2D eigenvalue weighted by Gasteiger charge is 2.27. The first-order valence-electron chi connectivity index (χ1n) is 9.94. The van der Waals surface area contributed by atoms with Crippen LogP contribution in [0.3, 0.4) is 0 Å². The summed E-state index contributed by atoms with van der Waals surface area (Å²) in [6.45, 7) is 6.60. The molecule has 0 amide bonds. The van der Waals surface area contributed by atoms with Crippen molar-refractivity contribution in [2.75, 3.05) is 6.61 Å². The third kappa shape index (κ3) is 8.32. The number of rotatable bonds is 14. The predicted molar refractivity (Wildman–Crippen MR) is 113 cm³/mol. The molecule has 0 saturated heterocycles. The average molecular weight is 475 g/mol. The Morgan fingerprint density at radius 1 is 1.07 bits per heavy atom. The standard InChI is InChI=1S/C21H31BrO7/c1-4-5-6-7-8-15(23)21(28-12-11-13(2)3)29-16-10-9-14(19(24)25)17(18(16)22)20(26)27/h9-10,13,15,21,23H,4-8,11-12H2,1-3H3,(H,24,25)(H,26,27). The normalized spacial score (nSPS) is 13.3. The lowest BCUT2D eigenvalue weighted by molar-refractivity contribution is -0.149. The van der Waals surface area contributed by atoms with E-state index >= 15 is 0 Å². The molecule has 0 radical (unpaired) electrons. The lowest BCUT2D eigenvalue weighted by atomic mass is 10.1. The topological polar surface area (TPSA) is 113 Å². The van der Waals surface area contributed by atoms with Crippen molar-refractivity contribution in [1.82, 2.24) is 0 Å². The van der Waals surface area contributed by atoms with E-state index in [2.05, 4.69) is 36.7 Å². The number of benzene rings is 1. The molecule has 0 fully saturated rings. The zero-order valence-electron chi connectivity index (χ0n) is 17.2. The highest BCUT2D eigenvalue weighted by molar-refractivity contribution is 9.10. The van der Waals surface area contributed by atoms with Crippen LogP contribution in [0, 0.1) is 5.92 Å². The van der Waals surface area contributed by atoms with Crippen molar-refractivity contribution in [1.29, 1.82) is 0 Å². The van der Waals surface area contributed by atoms with E-state index in [4.69, 9.17) is 9.47 Å². The van der Waals surface area contributed by atoms with Crippen molar-refractivity contribution in [2.45, 2.75) is 71.7 Å². The number of unbranched alkanes of at least 4 members (excludes halogenated alkanes) is 3. The van der Waals surface area contributed by atoms with Gasteiger partial charge in [-0.3, -0.25) is 0 Å². The summed E-state index contributed by atoms with van der Waals surface area (Å²) in [4.78, 5) is 22.8. The maximum absolute atomic E-state index is 11.5. The minimum atomic E-state index is -1.39. The number of hydrogen-bond acceptors (Lipinski definition) is 5. The first kappa shape index (κ1) is 25.4. The van der Waals surface area contributed by atoms with Crippen LogP contribution >= 0.6 is 15.9 Å². The molecule has 1 aromatic rings. The minimum absolute atomic E-state index is 0.000502. The minimum Gasteiger partial charge on any atom is -0.478 e. The molecular weight excluding hydrogens is 444 g/mol. The van der Waals surface area contributed by atoms with Gasteiger partial charge in [-0.1, -0.05) is 46.5 Å². The van der Waals surface area contributed by atoms with Gasteiger partial charge in [0, 0.05) is 0 Å². The molecule has 7 nitrogen and oxygen atoms in total. The first-order chi connectivity index (χ1) is 13.7. The highest BCUT2D eigenvalue weighted by atomic mass is 79.9. The summed E-state index contributed by atoms with van der Waals surface area (Å²) in [7, 11) is 0. The molecule has 0 aliphatic heterocycles. The molecule has 2 atom stereocenters. The Morgan fingerprint density at radius 3 is 2.31 bits per heavy atom. The first-order valence-corrected chi connectivity index (χ1v) is 10.7. The predicted octanol–water partition coefficient (Wildman–Crippen LogP) is 4.94. The van der Waals surface area contributed by atoms with Crippen LogP contribution in [0.4, 0.5) is 0 Å². The second-order valence-electron chi connectivity index (χ2n) is 7.37. The van der Waals surface area contributed by atoms with E-state index in [9.17, 15) is 24.9 Å². The van der Waals surface area contributed by atoms with Gasteiger partial charge in [0.2, 0.25) is 6.29 Å². The number of aliphatic hydroxyl groups is 1. The summed E-state index contributed by atoms with van der Waals surface area (Å²) in [6.07, 6.45) is 3.37. The number of carboxylic acids is 2. The molecule has 2 unspecified atom stereocenters. The van der Waals surface area contributed by atoms with E-state index in [0.717, 1.165) is 32.1 Å². The molecule has 0 spiro atoms. The molecule has 29 heavy (non-hydrogen) atoms. The number of aliphatic hydroxyl groups excluding tert-OH is 1. The molecule has 164 valence electrons. The van der Waals surface area contributed by atoms with Crippen molar-refractivity contribution >= 4 is 27.9 Å². The zero-order chi connectivity index (χ0) is 22.0. The van der Waals surface area contributed by atoms with Crippen LogP contribution in [0.5, 0.6) is 5.75 Å². The van der Waals surface area contributed by atoms with Crippen LogP contribution in [0.1, 0.15) is 80.0 Å². The number of carboxylic acid groups (broad SMARTS) is 2. The SMILES string of the molecule is CCCCCCC(O)C(OCCC(C)C)Oc1ccc(C(=O)O)c(C(=O)O)c1Br. The maximum atomic E-state index is 11.5. The number of halogens is 1. The fraction of sp³-hybridized carbons (Fsp3) is 0.619. The Morgan fingerprint density at radius 2 is 1.76 bits per heavy atom. The lowest BCUT2D eigenvalue weighted by Gasteiger charge is -2.26. The number of hydrogen-bond donors (Lipinski definition) is 3. The van der Waals surface area contributed by atoms with Gasteiger partial charge in [-0.15, -0.1) is 0 Å². The second-order valence-corrected chi connectivity index (χ2v) is 8.16. The molecule has 0 aliphatic rings. The van der Waals surface area contributed by atoms with Crippen LogP contribution in [0.2, 0.25) is 0 Å². The summed E-state index contributed by atoms with van der Waals surface area (Å²) in [5.41, 5.74) is -0.762. The van der Waals surface area contributed by atoms with Gasteiger partial charge in [0.1, 0.15) is 11.9 Å². The molecule has 0 aromatic heterocycles. The molecule has 3 N–H and O–H groups in total. The van der Waals surface area contributed by atoms with E-state index in [1.165, 1.54) is 12.1 Å². The molecule has 0 aliphatic carbocycles.